The molecule has 0 spiro atoms. The number of nitrogens with zero attached hydrogens (tertiary/aromatic N) is 2. The molecule has 0 aliphatic carbocycles. The number of halogens is 1. The molecule has 0 aliphatic heterocycles. The molecule has 0 N–H and O–H groups in total. The topological polar surface area (TPSA) is 7.12 Å². The third-order valence-electron chi connectivity index (χ3n) is 1.90. The first-order valence-corrected chi connectivity index (χ1v) is 5.62. The molecule has 0 atom stereocenters. The van der Waals surface area contributed by atoms with Crippen LogP contribution in [0.5, 0.6) is 0 Å². The Labute approximate surface area is 96.7 Å². The molecule has 1 heterocycles. The predicted octanol–water partition coefficient (Wildman–Crippen LogP) is -1.74. The van der Waals surface area contributed by atoms with Gasteiger partial charge in [-0.05, 0) is 20.4 Å². The van der Waals surface area contributed by atoms with Crippen LogP contribution in [0.3, 0.4) is 0 Å². The smallest absolute Gasteiger partial charge is 0.169 e. The molecule has 0 fully saturated rings. The normalized spacial score (nSPS) is 10.0. The number of likely N-dealkylation sites (N-methyl/N-ethyl adjacent to an activating group) is 1. The molecule has 0 bridgehead atoms. The van der Waals surface area contributed by atoms with E-state index in [2.05, 4.69) is 54.3 Å². The second-order valence-corrected chi connectivity index (χ2v) is 4.16. The molecule has 2 nitrogen and oxygen atoms in total. The van der Waals surface area contributed by atoms with Crippen LogP contribution >= 0.6 is 11.8 Å². The van der Waals surface area contributed by atoms with Gasteiger partial charge in [-0.25, -0.2) is 4.57 Å². The Hall–Kier alpha value is -0.250. The first-order chi connectivity index (χ1) is 6.22. The zero-order valence-corrected chi connectivity index (χ0v) is 10.5. The molecule has 0 saturated carbocycles. The number of rotatable bonds is 4. The van der Waals surface area contributed by atoms with E-state index in [1.165, 1.54) is 4.90 Å². The van der Waals surface area contributed by atoms with Crippen LogP contribution in [0.4, 0.5) is 0 Å². The quantitative estimate of drug-likeness (QED) is 0.450. The number of pyridine rings is 1. The summed E-state index contributed by atoms with van der Waals surface area (Å²) in [5.74, 6) is 0. The van der Waals surface area contributed by atoms with E-state index >= 15 is 0 Å². The zero-order valence-electron chi connectivity index (χ0n) is 8.90. The van der Waals surface area contributed by atoms with Crippen molar-refractivity contribution in [2.45, 2.75) is 11.4 Å². The molecule has 1 aromatic rings. The monoisotopic (exact) mass is 232 g/mol. The van der Waals surface area contributed by atoms with Gasteiger partial charge >= 0.3 is 0 Å². The average molecular weight is 233 g/mol. The van der Waals surface area contributed by atoms with Crippen molar-refractivity contribution in [1.82, 2.24) is 4.90 Å². The summed E-state index contributed by atoms with van der Waals surface area (Å²) < 4.78 is 2.21. The van der Waals surface area contributed by atoms with Gasteiger partial charge in [-0.15, -0.1) is 11.8 Å². The van der Waals surface area contributed by atoms with E-state index in [-0.39, 0.29) is 12.4 Å². The minimum Gasteiger partial charge on any atom is -1.00 e. The maximum Gasteiger partial charge on any atom is 0.169 e. The number of hydrogen-bond donors (Lipinski definition) is 0. The Morgan fingerprint density at radius 2 is 1.86 bits per heavy atom. The maximum atomic E-state index is 2.21. The van der Waals surface area contributed by atoms with E-state index < -0.39 is 0 Å². The molecule has 1 rings (SSSR count). The lowest BCUT2D eigenvalue weighted by atomic mass is 10.4. The number of hydrogen-bond acceptors (Lipinski definition) is 2. The van der Waals surface area contributed by atoms with E-state index in [1.807, 2.05) is 0 Å². The van der Waals surface area contributed by atoms with Crippen molar-refractivity contribution < 1.29 is 17.0 Å². The van der Waals surface area contributed by atoms with Gasteiger partial charge in [0.15, 0.2) is 18.9 Å². The second-order valence-electron chi connectivity index (χ2n) is 3.28. The minimum absolute atomic E-state index is 0. The van der Waals surface area contributed by atoms with Crippen LogP contribution in [0.2, 0.25) is 0 Å². The largest absolute Gasteiger partial charge is 1.00 e. The Kier molecular flexibility index (Phi) is 6.97. The fraction of sp³-hybridized carbons (Fsp3) is 0.500. The highest BCUT2D eigenvalue weighted by Crippen LogP contribution is 2.10. The molecule has 0 radical (unpaired) electrons. The van der Waals surface area contributed by atoms with E-state index in [0.717, 1.165) is 13.1 Å². The zero-order chi connectivity index (χ0) is 9.68. The maximum absolute atomic E-state index is 2.21. The van der Waals surface area contributed by atoms with Crippen molar-refractivity contribution in [3.63, 3.8) is 0 Å². The summed E-state index contributed by atoms with van der Waals surface area (Å²) in [4.78, 5) is 3.51. The van der Waals surface area contributed by atoms with Crippen LogP contribution in [0.15, 0.2) is 29.4 Å². The van der Waals surface area contributed by atoms with Crippen LogP contribution in [0.1, 0.15) is 0 Å². The van der Waals surface area contributed by atoms with Crippen molar-refractivity contribution in [3.05, 3.63) is 24.5 Å². The molecule has 0 unspecified atom stereocenters. The van der Waals surface area contributed by atoms with Crippen LogP contribution in [0, 0.1) is 0 Å². The predicted molar refractivity (Wildman–Crippen MR) is 57.0 cm³/mol. The fourth-order valence-electron chi connectivity index (χ4n) is 1.04. The van der Waals surface area contributed by atoms with Crippen LogP contribution in [-0.2, 0) is 6.54 Å². The van der Waals surface area contributed by atoms with E-state index in [0.29, 0.717) is 0 Å². The van der Waals surface area contributed by atoms with Gasteiger partial charge in [-0.1, -0.05) is 0 Å². The Balaban J connectivity index is 0.00000169. The number of thioether (sulfide) groups is 1. The van der Waals surface area contributed by atoms with Gasteiger partial charge < -0.3 is 17.3 Å². The van der Waals surface area contributed by atoms with Gasteiger partial charge in [-0.2, -0.15) is 0 Å². The summed E-state index contributed by atoms with van der Waals surface area (Å²) in [6.45, 7) is 2.14. The summed E-state index contributed by atoms with van der Waals surface area (Å²) in [7, 11) is 4.19. The molecule has 1 aromatic heterocycles. The molecule has 0 aliphatic rings. The summed E-state index contributed by atoms with van der Waals surface area (Å²) in [5, 5.41) is 0. The van der Waals surface area contributed by atoms with Crippen LogP contribution in [0.25, 0.3) is 0 Å². The summed E-state index contributed by atoms with van der Waals surface area (Å²) in [6.07, 6.45) is 6.37. The first kappa shape index (κ1) is 13.8. The highest BCUT2D eigenvalue weighted by molar-refractivity contribution is 7.98. The first-order valence-electron chi connectivity index (χ1n) is 4.40. The lowest BCUT2D eigenvalue weighted by Gasteiger charge is -2.05. The Morgan fingerprint density at radius 3 is 2.29 bits per heavy atom. The van der Waals surface area contributed by atoms with Gasteiger partial charge in [0.1, 0.15) is 0 Å². The minimum atomic E-state index is 0. The third kappa shape index (κ3) is 4.84. The van der Waals surface area contributed by atoms with Crippen molar-refractivity contribution in [2.24, 2.45) is 0 Å². The van der Waals surface area contributed by atoms with E-state index in [1.54, 1.807) is 11.8 Å². The van der Waals surface area contributed by atoms with Gasteiger partial charge in [-0.3, -0.25) is 0 Å². The fourth-order valence-corrected chi connectivity index (χ4v) is 1.44. The molecule has 0 amide bonds. The molecule has 0 aromatic carbocycles. The highest BCUT2D eigenvalue weighted by Gasteiger charge is 2.00. The van der Waals surface area contributed by atoms with E-state index in [4.69, 9.17) is 0 Å². The SMILES string of the molecule is CSc1cc[n+](CCN(C)C)cc1.[Cl-]. The van der Waals surface area contributed by atoms with Crippen LogP contribution in [-0.4, -0.2) is 31.8 Å². The van der Waals surface area contributed by atoms with Gasteiger partial charge in [0.2, 0.25) is 0 Å². The van der Waals surface area contributed by atoms with E-state index in [9.17, 15) is 0 Å². The second kappa shape index (κ2) is 7.10. The highest BCUT2D eigenvalue weighted by atomic mass is 35.5. The lowest BCUT2D eigenvalue weighted by molar-refractivity contribution is -0.696. The van der Waals surface area contributed by atoms with Crippen molar-refractivity contribution in [3.8, 4) is 0 Å². The Bertz CT molecular complexity index is 249. The van der Waals surface area contributed by atoms with Crippen molar-refractivity contribution in [2.75, 3.05) is 26.9 Å². The van der Waals surface area contributed by atoms with Crippen molar-refractivity contribution in [1.29, 1.82) is 0 Å². The molecular formula is C10H17ClN2S. The molecule has 80 valence electrons. The van der Waals surface area contributed by atoms with Crippen molar-refractivity contribution >= 4 is 11.8 Å². The standard InChI is InChI=1S/C10H17N2S.ClH/c1-11(2)8-9-12-6-4-10(13-3)5-7-12;/h4-7H,8-9H2,1-3H3;1H/q+1;/p-1. The molecule has 0 saturated heterocycles. The summed E-state index contributed by atoms with van der Waals surface area (Å²) in [6, 6.07) is 4.31. The lowest BCUT2D eigenvalue weighted by Crippen LogP contribution is -3.00. The molecular weight excluding hydrogens is 216 g/mol. The molecule has 4 heteroatoms. The molecule has 14 heavy (non-hydrogen) atoms. The summed E-state index contributed by atoms with van der Waals surface area (Å²) in [5.41, 5.74) is 0. The summed E-state index contributed by atoms with van der Waals surface area (Å²) >= 11 is 1.78. The van der Waals surface area contributed by atoms with Gasteiger partial charge in [0.05, 0.1) is 6.54 Å². The number of aromatic nitrogens is 1. The average Bonchev–Trinajstić information content (AvgIpc) is 2.15. The van der Waals surface area contributed by atoms with Crippen LogP contribution < -0.4 is 17.0 Å². The Morgan fingerprint density at radius 1 is 1.29 bits per heavy atom. The third-order valence-corrected chi connectivity index (χ3v) is 2.65. The van der Waals surface area contributed by atoms with Gasteiger partial charge in [0.25, 0.3) is 0 Å². The van der Waals surface area contributed by atoms with Gasteiger partial charge in [0, 0.05) is 17.0 Å².